The summed E-state index contributed by atoms with van der Waals surface area (Å²) in [6.45, 7) is 1.70. The molecule has 3 aromatic rings. The van der Waals surface area contributed by atoms with E-state index in [0.717, 1.165) is 25.9 Å². The van der Waals surface area contributed by atoms with Gasteiger partial charge in [0.15, 0.2) is 0 Å². The van der Waals surface area contributed by atoms with E-state index < -0.39 is 11.7 Å². The van der Waals surface area contributed by atoms with E-state index in [1.807, 2.05) is 6.07 Å². The fourth-order valence-corrected chi connectivity index (χ4v) is 4.23. The van der Waals surface area contributed by atoms with Crippen molar-refractivity contribution in [1.29, 1.82) is 0 Å². The molecule has 1 N–H and O–H groups in total. The lowest BCUT2D eigenvalue weighted by atomic mass is 10.2. The highest BCUT2D eigenvalue weighted by Gasteiger charge is 2.21. The van der Waals surface area contributed by atoms with Gasteiger partial charge in [0, 0.05) is 23.5 Å². The van der Waals surface area contributed by atoms with Crippen molar-refractivity contribution in [2.24, 2.45) is 0 Å². The van der Waals surface area contributed by atoms with Gasteiger partial charge in [-0.2, -0.15) is 0 Å². The van der Waals surface area contributed by atoms with Crippen LogP contribution in [0.2, 0.25) is 0 Å². The minimum atomic E-state index is -0.460. The summed E-state index contributed by atoms with van der Waals surface area (Å²) in [7, 11) is 0. The van der Waals surface area contributed by atoms with E-state index >= 15 is 0 Å². The number of nitrogens with zero attached hydrogens (tertiary/aromatic N) is 1. The molecule has 138 valence electrons. The molecule has 2 aromatic carbocycles. The van der Waals surface area contributed by atoms with Crippen molar-refractivity contribution in [2.45, 2.75) is 12.8 Å². The van der Waals surface area contributed by atoms with Crippen molar-refractivity contribution >= 4 is 28.6 Å². The number of thiophene rings is 1. The smallest absolute Gasteiger partial charge is 0.265 e. The van der Waals surface area contributed by atoms with Crippen LogP contribution >= 0.6 is 11.3 Å². The first-order valence-corrected chi connectivity index (χ1v) is 9.64. The van der Waals surface area contributed by atoms with Crippen LogP contribution in [0.3, 0.4) is 0 Å². The number of carbonyl (C=O) groups excluding carboxylic acids is 1. The molecule has 4 rings (SSSR count). The summed E-state index contributed by atoms with van der Waals surface area (Å²) in [4.78, 5) is 15.8. The molecule has 0 aliphatic carbocycles. The molecule has 1 fully saturated rings. The van der Waals surface area contributed by atoms with Gasteiger partial charge in [0.05, 0.1) is 10.6 Å². The summed E-state index contributed by atoms with van der Waals surface area (Å²) in [6.07, 6.45) is 2.11. The molecule has 2 heterocycles. The van der Waals surface area contributed by atoms with E-state index in [1.54, 1.807) is 36.4 Å². The fraction of sp³-hybridized carbons (Fsp3) is 0.190. The maximum absolute atomic E-state index is 14.4. The van der Waals surface area contributed by atoms with Crippen molar-refractivity contribution in [2.75, 3.05) is 23.3 Å². The van der Waals surface area contributed by atoms with Crippen LogP contribution in [0.25, 0.3) is 10.4 Å². The number of halogens is 2. The molecule has 0 bridgehead atoms. The number of hydrogen-bond acceptors (Lipinski definition) is 3. The molecule has 0 radical (unpaired) electrons. The summed E-state index contributed by atoms with van der Waals surface area (Å²) in [5.41, 5.74) is 1.35. The Balaban J connectivity index is 1.60. The summed E-state index contributed by atoms with van der Waals surface area (Å²) in [6, 6.07) is 14.6. The summed E-state index contributed by atoms with van der Waals surface area (Å²) in [5.74, 6) is -1.19. The average molecular weight is 384 g/mol. The first-order valence-electron chi connectivity index (χ1n) is 8.83. The second kappa shape index (κ2) is 7.48. The molecule has 27 heavy (non-hydrogen) atoms. The maximum atomic E-state index is 14.4. The van der Waals surface area contributed by atoms with Crippen molar-refractivity contribution in [3.63, 3.8) is 0 Å². The number of para-hydroxylation sites is 1. The van der Waals surface area contributed by atoms with Crippen LogP contribution in [0.4, 0.5) is 20.2 Å². The molecule has 1 aliphatic rings. The van der Waals surface area contributed by atoms with Crippen molar-refractivity contribution < 1.29 is 13.6 Å². The fourth-order valence-electron chi connectivity index (χ4n) is 3.30. The van der Waals surface area contributed by atoms with E-state index in [9.17, 15) is 13.6 Å². The summed E-state index contributed by atoms with van der Waals surface area (Å²) in [5, 5.41) is 2.71. The topological polar surface area (TPSA) is 32.3 Å². The molecular weight excluding hydrogens is 366 g/mol. The van der Waals surface area contributed by atoms with Crippen LogP contribution in [-0.4, -0.2) is 19.0 Å². The molecule has 1 saturated heterocycles. The monoisotopic (exact) mass is 384 g/mol. The minimum Gasteiger partial charge on any atom is -0.370 e. The zero-order chi connectivity index (χ0) is 18.8. The van der Waals surface area contributed by atoms with Gasteiger partial charge in [-0.15, -0.1) is 11.3 Å². The predicted molar refractivity (Wildman–Crippen MR) is 106 cm³/mol. The van der Waals surface area contributed by atoms with Crippen LogP contribution in [0.5, 0.6) is 0 Å². The highest BCUT2D eigenvalue weighted by atomic mass is 32.1. The molecule has 1 aromatic heterocycles. The molecule has 0 spiro atoms. The van der Waals surface area contributed by atoms with E-state index in [4.69, 9.17) is 0 Å². The lowest BCUT2D eigenvalue weighted by Crippen LogP contribution is -2.21. The number of amides is 1. The highest BCUT2D eigenvalue weighted by Crippen LogP contribution is 2.34. The van der Waals surface area contributed by atoms with Crippen LogP contribution in [0.1, 0.15) is 22.5 Å². The normalized spacial score (nSPS) is 13.8. The minimum absolute atomic E-state index is 0.199. The Morgan fingerprint density at radius 3 is 2.44 bits per heavy atom. The third kappa shape index (κ3) is 3.57. The van der Waals surface area contributed by atoms with Gasteiger partial charge in [-0.3, -0.25) is 4.79 Å². The number of hydrogen-bond donors (Lipinski definition) is 1. The third-order valence-electron chi connectivity index (χ3n) is 4.65. The van der Waals surface area contributed by atoms with Crippen LogP contribution in [-0.2, 0) is 0 Å². The first-order chi connectivity index (χ1) is 13.1. The molecule has 3 nitrogen and oxygen atoms in total. The van der Waals surface area contributed by atoms with E-state index in [2.05, 4.69) is 10.2 Å². The van der Waals surface area contributed by atoms with Gasteiger partial charge in [-0.25, -0.2) is 8.78 Å². The van der Waals surface area contributed by atoms with Gasteiger partial charge in [0.2, 0.25) is 0 Å². The Kier molecular flexibility index (Phi) is 4.90. The van der Waals surface area contributed by atoms with Crippen LogP contribution in [0, 0.1) is 11.6 Å². The molecule has 0 saturated carbocycles. The largest absolute Gasteiger partial charge is 0.370 e. The number of benzene rings is 2. The molecule has 1 amide bonds. The molecule has 6 heteroatoms. The summed E-state index contributed by atoms with van der Waals surface area (Å²) < 4.78 is 28.4. The number of carbonyl (C=O) groups is 1. The zero-order valence-corrected chi connectivity index (χ0v) is 15.4. The van der Waals surface area contributed by atoms with Gasteiger partial charge < -0.3 is 10.2 Å². The Bertz CT molecular complexity index is 980. The van der Waals surface area contributed by atoms with Crippen LogP contribution < -0.4 is 10.2 Å². The zero-order valence-electron chi connectivity index (χ0n) is 14.5. The SMILES string of the molecule is O=C(Nc1c(F)cccc1N1CCCC1)c1ccc(-c2ccccc2F)s1. The maximum Gasteiger partial charge on any atom is 0.265 e. The lowest BCUT2D eigenvalue weighted by molar-refractivity contribution is 0.103. The Labute approximate surface area is 160 Å². The van der Waals surface area contributed by atoms with Gasteiger partial charge in [-0.05, 0) is 43.2 Å². The molecule has 0 atom stereocenters. The Morgan fingerprint density at radius 2 is 1.67 bits per heavy atom. The average Bonchev–Trinajstić information content (AvgIpc) is 3.35. The first kappa shape index (κ1) is 17.7. The van der Waals surface area contributed by atoms with Crippen LogP contribution in [0.15, 0.2) is 54.6 Å². The van der Waals surface area contributed by atoms with Gasteiger partial charge in [0.25, 0.3) is 5.91 Å². The number of rotatable bonds is 4. The molecular formula is C21H18F2N2OS. The number of anilines is 2. The van der Waals surface area contributed by atoms with E-state index in [-0.39, 0.29) is 11.5 Å². The van der Waals surface area contributed by atoms with E-state index in [1.165, 1.54) is 23.5 Å². The summed E-state index contributed by atoms with van der Waals surface area (Å²) >= 11 is 1.18. The molecule has 0 unspecified atom stereocenters. The quantitative estimate of drug-likeness (QED) is 0.640. The third-order valence-corrected chi connectivity index (χ3v) is 5.76. The Hall–Kier alpha value is -2.73. The van der Waals surface area contributed by atoms with Gasteiger partial charge in [0.1, 0.15) is 17.3 Å². The lowest BCUT2D eigenvalue weighted by Gasteiger charge is -2.21. The standard InChI is InChI=1S/C21H18F2N2OS/c22-15-7-2-1-6-14(15)18-10-11-19(27-18)21(26)24-20-16(23)8-5-9-17(20)25-12-3-4-13-25/h1-2,5-11H,3-4,12-13H2,(H,24,26). The number of nitrogens with one attached hydrogen (secondary N) is 1. The molecule has 1 aliphatic heterocycles. The predicted octanol–water partition coefficient (Wildman–Crippen LogP) is 5.55. The second-order valence-electron chi connectivity index (χ2n) is 6.43. The van der Waals surface area contributed by atoms with E-state index in [0.29, 0.717) is 21.0 Å². The van der Waals surface area contributed by atoms with Crippen molar-refractivity contribution in [3.8, 4) is 10.4 Å². The second-order valence-corrected chi connectivity index (χ2v) is 7.51. The van der Waals surface area contributed by atoms with Gasteiger partial charge >= 0.3 is 0 Å². The van der Waals surface area contributed by atoms with Crippen molar-refractivity contribution in [3.05, 3.63) is 71.1 Å². The van der Waals surface area contributed by atoms with Gasteiger partial charge in [-0.1, -0.05) is 24.3 Å². The highest BCUT2D eigenvalue weighted by molar-refractivity contribution is 7.17. The Morgan fingerprint density at radius 1 is 0.926 bits per heavy atom. The van der Waals surface area contributed by atoms with Crippen molar-refractivity contribution in [1.82, 2.24) is 0 Å².